The molecular weight excluding hydrogens is 382 g/mol. The number of carbonyl (C=O) groups excluding carboxylic acids is 4. The summed E-state index contributed by atoms with van der Waals surface area (Å²) in [5, 5.41) is 2.86. The fourth-order valence-electron chi connectivity index (χ4n) is 6.80. The first-order chi connectivity index (χ1) is 14.4. The molecule has 5 amide bonds. The van der Waals surface area contributed by atoms with Gasteiger partial charge in [-0.05, 0) is 68.6 Å². The van der Waals surface area contributed by atoms with Gasteiger partial charge in [-0.25, -0.2) is 14.6 Å². The number of hydrogen-bond donors (Lipinski definition) is 1. The molecule has 7 nitrogen and oxygen atoms in total. The second kappa shape index (κ2) is 8.31. The molecule has 1 N–H and O–H groups in total. The number of imide groups is 2. The zero-order valence-corrected chi connectivity index (χ0v) is 18.3. The predicted octanol–water partition coefficient (Wildman–Crippen LogP) is 3.08. The van der Waals surface area contributed by atoms with Gasteiger partial charge in [0.2, 0.25) is 5.91 Å². The molecule has 1 aliphatic heterocycles. The van der Waals surface area contributed by atoms with Crippen molar-refractivity contribution in [3.05, 3.63) is 0 Å². The Labute approximate surface area is 178 Å². The Morgan fingerprint density at radius 2 is 1.63 bits per heavy atom. The molecule has 0 radical (unpaired) electrons. The largest absolute Gasteiger partial charge is 0.354 e. The lowest BCUT2D eigenvalue weighted by molar-refractivity contribution is -0.150. The van der Waals surface area contributed by atoms with E-state index in [1.54, 1.807) is 0 Å². The van der Waals surface area contributed by atoms with Gasteiger partial charge < -0.3 is 5.32 Å². The van der Waals surface area contributed by atoms with Crippen LogP contribution >= 0.6 is 0 Å². The lowest BCUT2D eigenvalue weighted by atomic mass is 9.52. The minimum Gasteiger partial charge on any atom is -0.354 e. The summed E-state index contributed by atoms with van der Waals surface area (Å²) >= 11 is 0. The van der Waals surface area contributed by atoms with Crippen molar-refractivity contribution in [2.45, 2.75) is 83.6 Å². The van der Waals surface area contributed by atoms with Gasteiger partial charge in [-0.3, -0.25) is 14.4 Å². The van der Waals surface area contributed by atoms with Gasteiger partial charge in [-0.1, -0.05) is 33.1 Å². The topological polar surface area (TPSA) is 86.8 Å². The first-order valence-electron chi connectivity index (χ1n) is 11.8. The third-order valence-corrected chi connectivity index (χ3v) is 7.97. The van der Waals surface area contributed by atoms with Gasteiger partial charge in [-0.2, -0.15) is 0 Å². The number of hydrogen-bond acceptors (Lipinski definition) is 4. The molecule has 0 aromatic heterocycles. The van der Waals surface area contributed by atoms with Crippen molar-refractivity contribution in [2.75, 3.05) is 13.1 Å². The van der Waals surface area contributed by atoms with E-state index in [4.69, 9.17) is 0 Å². The van der Waals surface area contributed by atoms with Crippen molar-refractivity contribution in [1.82, 2.24) is 15.1 Å². The monoisotopic (exact) mass is 417 g/mol. The van der Waals surface area contributed by atoms with Crippen molar-refractivity contribution in [3.8, 4) is 0 Å². The zero-order valence-electron chi connectivity index (χ0n) is 18.3. The Balaban J connectivity index is 1.40. The number of carbonyl (C=O) groups is 4. The van der Waals surface area contributed by atoms with Crippen LogP contribution in [0.15, 0.2) is 0 Å². The highest BCUT2D eigenvalue weighted by Crippen LogP contribution is 2.58. The summed E-state index contributed by atoms with van der Waals surface area (Å²) in [6.07, 6.45) is 10.3. The van der Waals surface area contributed by atoms with Crippen LogP contribution in [-0.2, 0) is 14.4 Å². The Kier molecular flexibility index (Phi) is 5.90. The highest BCUT2D eigenvalue weighted by molar-refractivity contribution is 6.45. The van der Waals surface area contributed by atoms with Crippen molar-refractivity contribution in [2.24, 2.45) is 23.7 Å². The van der Waals surface area contributed by atoms with Gasteiger partial charge in [0.05, 0.1) is 5.54 Å². The molecule has 4 bridgehead atoms. The molecule has 7 heteroatoms. The standard InChI is InChI=1S/C23H35N3O4/c1-3-5-6-15(4-2)13-24-19(27)14-25-20(28)21(29)26(22(25)30)23-10-16-7-17(11-23)9-18(8-16)12-23/h15-18H,3-14H2,1-2H3,(H,24,27)/t15-,16?,17?,18?,23?/m0/s1. The first kappa shape index (κ1) is 21.3. The SMILES string of the molecule is CCCC[C@H](CC)CNC(=O)CN1C(=O)C(=O)N(C23CC4CC(CC(C4)C2)C3)C1=O. The van der Waals surface area contributed by atoms with Gasteiger partial charge in [0, 0.05) is 6.54 Å². The molecule has 1 heterocycles. The summed E-state index contributed by atoms with van der Waals surface area (Å²) in [7, 11) is 0. The summed E-state index contributed by atoms with van der Waals surface area (Å²) in [5.74, 6) is 0.110. The zero-order chi connectivity index (χ0) is 21.5. The summed E-state index contributed by atoms with van der Waals surface area (Å²) in [5.41, 5.74) is -0.503. The number of urea groups is 1. The van der Waals surface area contributed by atoms with E-state index in [9.17, 15) is 19.2 Å². The Morgan fingerprint density at radius 1 is 1.03 bits per heavy atom. The minimum atomic E-state index is -0.844. The molecule has 4 saturated carbocycles. The molecule has 4 aliphatic carbocycles. The van der Waals surface area contributed by atoms with E-state index in [1.165, 1.54) is 24.2 Å². The van der Waals surface area contributed by atoms with Crippen molar-refractivity contribution in [3.63, 3.8) is 0 Å². The van der Waals surface area contributed by atoms with Gasteiger partial charge >= 0.3 is 17.8 Å². The maximum absolute atomic E-state index is 13.1. The molecule has 0 aromatic rings. The molecule has 1 atom stereocenters. The van der Waals surface area contributed by atoms with E-state index in [2.05, 4.69) is 19.2 Å². The van der Waals surface area contributed by atoms with E-state index in [-0.39, 0.29) is 12.5 Å². The minimum absolute atomic E-state index is 0.365. The van der Waals surface area contributed by atoms with Crippen molar-refractivity contribution >= 4 is 23.8 Å². The van der Waals surface area contributed by atoms with Crippen LogP contribution in [0.4, 0.5) is 4.79 Å². The van der Waals surface area contributed by atoms with Crippen LogP contribution < -0.4 is 5.32 Å². The van der Waals surface area contributed by atoms with Crippen LogP contribution in [0.1, 0.15) is 78.1 Å². The number of unbranched alkanes of at least 4 members (excludes halogenated alkanes) is 1. The quantitative estimate of drug-likeness (QED) is 0.461. The molecule has 0 spiro atoms. The van der Waals surface area contributed by atoms with Crippen molar-refractivity contribution in [1.29, 1.82) is 0 Å². The van der Waals surface area contributed by atoms with Gasteiger partial charge in [0.25, 0.3) is 0 Å². The third-order valence-electron chi connectivity index (χ3n) is 7.97. The average Bonchev–Trinajstić information content (AvgIpc) is 2.90. The fraction of sp³-hybridized carbons (Fsp3) is 0.826. The fourth-order valence-corrected chi connectivity index (χ4v) is 6.80. The van der Waals surface area contributed by atoms with Crippen molar-refractivity contribution < 1.29 is 19.2 Å². The van der Waals surface area contributed by atoms with Gasteiger partial charge in [0.1, 0.15) is 6.54 Å². The highest BCUT2D eigenvalue weighted by atomic mass is 16.2. The maximum atomic E-state index is 13.1. The van der Waals surface area contributed by atoms with Gasteiger partial charge in [0.15, 0.2) is 0 Å². The molecule has 1 saturated heterocycles. The maximum Gasteiger partial charge on any atom is 0.335 e. The molecule has 0 aromatic carbocycles. The Hall–Kier alpha value is -1.92. The van der Waals surface area contributed by atoms with Crippen LogP contribution in [0.25, 0.3) is 0 Å². The van der Waals surface area contributed by atoms with Gasteiger partial charge in [-0.15, -0.1) is 0 Å². The van der Waals surface area contributed by atoms with Crippen LogP contribution in [0, 0.1) is 23.7 Å². The summed E-state index contributed by atoms with van der Waals surface area (Å²) < 4.78 is 0. The second-order valence-corrected chi connectivity index (χ2v) is 10.2. The highest BCUT2D eigenvalue weighted by Gasteiger charge is 2.61. The summed E-state index contributed by atoms with van der Waals surface area (Å²) in [4.78, 5) is 53.2. The molecular formula is C23H35N3O4. The van der Waals surface area contributed by atoms with E-state index in [1.807, 2.05) is 0 Å². The van der Waals surface area contributed by atoms with Crippen LogP contribution in [0.3, 0.4) is 0 Å². The predicted molar refractivity (Wildman–Crippen MR) is 111 cm³/mol. The van der Waals surface area contributed by atoms with E-state index >= 15 is 0 Å². The number of rotatable bonds is 9. The molecule has 5 rings (SSSR count). The normalized spacial score (nSPS) is 33.5. The van der Waals surface area contributed by atoms with Crippen LogP contribution in [0.2, 0.25) is 0 Å². The number of nitrogens with zero attached hydrogens (tertiary/aromatic N) is 2. The Bertz CT molecular complexity index is 699. The average molecular weight is 418 g/mol. The van der Waals surface area contributed by atoms with E-state index < -0.39 is 23.4 Å². The summed E-state index contributed by atoms with van der Waals surface area (Å²) in [6, 6.07) is -0.583. The summed E-state index contributed by atoms with van der Waals surface area (Å²) in [6.45, 7) is 4.42. The number of amides is 5. The smallest absolute Gasteiger partial charge is 0.335 e. The lowest BCUT2D eigenvalue weighted by Gasteiger charge is -2.58. The molecule has 5 aliphatic rings. The van der Waals surface area contributed by atoms with Crippen LogP contribution in [-0.4, -0.2) is 52.2 Å². The van der Waals surface area contributed by atoms with E-state index in [0.29, 0.717) is 30.2 Å². The molecule has 5 fully saturated rings. The Morgan fingerprint density at radius 3 is 2.17 bits per heavy atom. The van der Waals surface area contributed by atoms with E-state index in [0.717, 1.165) is 49.8 Å². The molecule has 166 valence electrons. The lowest BCUT2D eigenvalue weighted by Crippen LogP contribution is -2.62. The molecule has 30 heavy (non-hydrogen) atoms. The second-order valence-electron chi connectivity index (χ2n) is 10.2. The third kappa shape index (κ3) is 3.76. The first-order valence-corrected chi connectivity index (χ1v) is 11.8. The molecule has 0 unspecified atom stereocenters. The van der Waals surface area contributed by atoms with Crippen LogP contribution in [0.5, 0.6) is 0 Å². The number of nitrogens with one attached hydrogen (secondary N) is 1.